The number of anilines is 2. The topological polar surface area (TPSA) is 88.7 Å². The molecule has 0 unspecified atom stereocenters. The minimum atomic E-state index is -0.996. The molecule has 6 nitrogen and oxygen atoms in total. The molecule has 21 heavy (non-hydrogen) atoms. The average Bonchev–Trinajstić information content (AvgIpc) is 2.47. The summed E-state index contributed by atoms with van der Waals surface area (Å²) in [6.45, 7) is 0.549. The van der Waals surface area contributed by atoms with E-state index in [1.807, 2.05) is 24.1 Å². The van der Waals surface area contributed by atoms with Gasteiger partial charge >= 0.3 is 5.97 Å². The van der Waals surface area contributed by atoms with Crippen molar-refractivity contribution in [3.05, 3.63) is 47.7 Å². The Morgan fingerprint density at radius 1 is 1.43 bits per heavy atom. The number of hydrogen-bond donors (Lipinski definition) is 2. The first kappa shape index (κ1) is 14.6. The van der Waals surface area contributed by atoms with E-state index in [9.17, 15) is 4.79 Å². The molecule has 3 N–H and O–H groups in total. The van der Waals surface area contributed by atoms with Gasteiger partial charge in [0, 0.05) is 25.4 Å². The summed E-state index contributed by atoms with van der Waals surface area (Å²) in [5.74, 6) is -0.435. The Kier molecular flexibility index (Phi) is 4.27. The number of pyridine rings is 1. The first-order chi connectivity index (χ1) is 10.0. The maximum Gasteiger partial charge on any atom is 0.335 e. The van der Waals surface area contributed by atoms with Crippen molar-refractivity contribution in [3.8, 4) is 5.88 Å². The van der Waals surface area contributed by atoms with Crippen LogP contribution in [0.2, 0.25) is 0 Å². The second-order valence-electron chi connectivity index (χ2n) is 4.61. The fraction of sp³-hybridized carbons (Fsp3) is 0.200. The molecule has 1 aromatic carbocycles. The number of rotatable bonds is 5. The van der Waals surface area contributed by atoms with E-state index in [1.165, 1.54) is 12.1 Å². The summed E-state index contributed by atoms with van der Waals surface area (Å²) in [7, 11) is 3.44. The van der Waals surface area contributed by atoms with Crippen molar-refractivity contribution in [2.75, 3.05) is 24.8 Å². The lowest BCUT2D eigenvalue weighted by molar-refractivity contribution is 0.0697. The van der Waals surface area contributed by atoms with Crippen LogP contribution in [0.4, 0.5) is 11.4 Å². The molecule has 0 radical (unpaired) electrons. The highest BCUT2D eigenvalue weighted by Gasteiger charge is 2.12. The van der Waals surface area contributed by atoms with Gasteiger partial charge in [0.15, 0.2) is 0 Å². The number of aromatic nitrogens is 1. The molecule has 1 heterocycles. The third-order valence-corrected chi connectivity index (χ3v) is 3.14. The Bertz CT molecular complexity index is 658. The van der Waals surface area contributed by atoms with Crippen molar-refractivity contribution in [3.63, 3.8) is 0 Å². The minimum Gasteiger partial charge on any atom is -0.481 e. The van der Waals surface area contributed by atoms with Gasteiger partial charge in [-0.05, 0) is 24.3 Å². The number of nitrogens with two attached hydrogens (primary N) is 1. The molecule has 6 heteroatoms. The van der Waals surface area contributed by atoms with Crippen LogP contribution in [-0.2, 0) is 6.54 Å². The smallest absolute Gasteiger partial charge is 0.335 e. The summed E-state index contributed by atoms with van der Waals surface area (Å²) in [5, 5.41) is 8.95. The van der Waals surface area contributed by atoms with E-state index in [0.717, 1.165) is 11.3 Å². The van der Waals surface area contributed by atoms with Crippen LogP contribution in [0, 0.1) is 0 Å². The Morgan fingerprint density at radius 2 is 2.19 bits per heavy atom. The van der Waals surface area contributed by atoms with Crippen molar-refractivity contribution in [2.24, 2.45) is 0 Å². The largest absolute Gasteiger partial charge is 0.481 e. The number of nitrogen functional groups attached to an aromatic ring is 1. The van der Waals surface area contributed by atoms with Gasteiger partial charge in [0.1, 0.15) is 0 Å². The molecule has 2 aromatic rings. The summed E-state index contributed by atoms with van der Waals surface area (Å²) in [4.78, 5) is 17.0. The molecule has 0 spiro atoms. The SMILES string of the molecule is COc1ncccc1CN(C)c1ccc(C(=O)O)cc1N. The number of nitrogens with zero attached hydrogens (tertiary/aromatic N) is 2. The molecule has 0 atom stereocenters. The molecule has 1 aromatic heterocycles. The molecule has 2 rings (SSSR count). The van der Waals surface area contributed by atoms with Gasteiger partial charge in [-0.25, -0.2) is 9.78 Å². The van der Waals surface area contributed by atoms with Crippen molar-refractivity contribution in [2.45, 2.75) is 6.54 Å². The molecule has 110 valence electrons. The third kappa shape index (κ3) is 3.22. The zero-order valence-electron chi connectivity index (χ0n) is 11.9. The molecule has 0 aliphatic rings. The standard InChI is InChI=1S/C15H17N3O3/c1-18(9-11-4-3-7-17-14(11)21-2)13-6-5-10(15(19)20)8-12(13)16/h3-8H,9,16H2,1-2H3,(H,19,20). The zero-order chi connectivity index (χ0) is 15.4. The molecule has 0 aliphatic carbocycles. The van der Waals surface area contributed by atoms with Crippen LogP contribution < -0.4 is 15.4 Å². The Labute approximate surface area is 122 Å². The quantitative estimate of drug-likeness (QED) is 0.818. The number of methoxy groups -OCH3 is 1. The highest BCUT2D eigenvalue weighted by Crippen LogP contribution is 2.26. The van der Waals surface area contributed by atoms with E-state index in [1.54, 1.807) is 19.4 Å². The Morgan fingerprint density at radius 3 is 2.81 bits per heavy atom. The fourth-order valence-electron chi connectivity index (χ4n) is 2.10. The molecular weight excluding hydrogens is 270 g/mol. The number of benzene rings is 1. The number of carboxylic acid groups (broad SMARTS) is 1. The summed E-state index contributed by atoms with van der Waals surface area (Å²) in [6, 6.07) is 8.44. The molecule has 0 saturated heterocycles. The summed E-state index contributed by atoms with van der Waals surface area (Å²) >= 11 is 0. The summed E-state index contributed by atoms with van der Waals surface area (Å²) in [5.41, 5.74) is 8.20. The van der Waals surface area contributed by atoms with Crippen LogP contribution in [0.3, 0.4) is 0 Å². The van der Waals surface area contributed by atoms with Gasteiger partial charge < -0.3 is 20.5 Å². The Balaban J connectivity index is 2.24. The van der Waals surface area contributed by atoms with E-state index >= 15 is 0 Å². The van der Waals surface area contributed by atoms with Gasteiger partial charge in [0.2, 0.25) is 5.88 Å². The fourth-order valence-corrected chi connectivity index (χ4v) is 2.10. The summed E-state index contributed by atoms with van der Waals surface area (Å²) < 4.78 is 5.22. The lowest BCUT2D eigenvalue weighted by atomic mass is 10.1. The van der Waals surface area contributed by atoms with Crippen molar-refractivity contribution in [1.82, 2.24) is 4.98 Å². The lowest BCUT2D eigenvalue weighted by Crippen LogP contribution is -2.18. The van der Waals surface area contributed by atoms with Crippen LogP contribution >= 0.6 is 0 Å². The van der Waals surface area contributed by atoms with E-state index < -0.39 is 5.97 Å². The van der Waals surface area contributed by atoms with Crippen LogP contribution in [0.15, 0.2) is 36.5 Å². The van der Waals surface area contributed by atoms with Crippen molar-refractivity contribution < 1.29 is 14.6 Å². The number of aromatic carboxylic acids is 1. The zero-order valence-corrected chi connectivity index (χ0v) is 11.9. The first-order valence-electron chi connectivity index (χ1n) is 6.34. The van der Waals surface area contributed by atoms with E-state index in [0.29, 0.717) is 18.1 Å². The van der Waals surface area contributed by atoms with Gasteiger partial charge in [0.05, 0.1) is 24.0 Å². The molecule has 0 bridgehead atoms. The molecule has 0 fully saturated rings. The maximum atomic E-state index is 10.9. The first-order valence-corrected chi connectivity index (χ1v) is 6.34. The molecule has 0 amide bonds. The number of carbonyl (C=O) groups is 1. The van der Waals surface area contributed by atoms with Gasteiger partial charge in [-0.3, -0.25) is 0 Å². The molecule has 0 saturated carbocycles. The van der Waals surface area contributed by atoms with E-state index in [-0.39, 0.29) is 5.56 Å². The number of hydrogen-bond acceptors (Lipinski definition) is 5. The van der Waals surface area contributed by atoms with Crippen LogP contribution in [0.1, 0.15) is 15.9 Å². The average molecular weight is 287 g/mol. The van der Waals surface area contributed by atoms with E-state index in [4.69, 9.17) is 15.6 Å². The van der Waals surface area contributed by atoms with Gasteiger partial charge in [-0.1, -0.05) is 6.07 Å². The monoisotopic (exact) mass is 287 g/mol. The number of carboxylic acids is 1. The van der Waals surface area contributed by atoms with Crippen LogP contribution in [-0.4, -0.2) is 30.2 Å². The predicted molar refractivity (Wildman–Crippen MR) is 80.7 cm³/mol. The van der Waals surface area contributed by atoms with Crippen LogP contribution in [0.5, 0.6) is 5.88 Å². The van der Waals surface area contributed by atoms with Gasteiger partial charge in [-0.15, -0.1) is 0 Å². The minimum absolute atomic E-state index is 0.170. The maximum absolute atomic E-state index is 10.9. The molecule has 0 aliphatic heterocycles. The summed E-state index contributed by atoms with van der Waals surface area (Å²) in [6.07, 6.45) is 1.67. The van der Waals surface area contributed by atoms with Crippen molar-refractivity contribution >= 4 is 17.3 Å². The van der Waals surface area contributed by atoms with E-state index in [2.05, 4.69) is 4.98 Å². The Hall–Kier alpha value is -2.76. The normalized spacial score (nSPS) is 10.2. The van der Waals surface area contributed by atoms with Crippen molar-refractivity contribution in [1.29, 1.82) is 0 Å². The molecular formula is C15H17N3O3. The third-order valence-electron chi connectivity index (χ3n) is 3.14. The lowest BCUT2D eigenvalue weighted by Gasteiger charge is -2.22. The van der Waals surface area contributed by atoms with Gasteiger partial charge in [0.25, 0.3) is 0 Å². The second-order valence-corrected chi connectivity index (χ2v) is 4.61. The number of ether oxygens (including phenoxy) is 1. The highest BCUT2D eigenvalue weighted by atomic mass is 16.5. The highest BCUT2D eigenvalue weighted by molar-refractivity contribution is 5.90. The van der Waals surface area contributed by atoms with Gasteiger partial charge in [-0.2, -0.15) is 0 Å². The predicted octanol–water partition coefficient (Wildman–Crippen LogP) is 2.01. The van der Waals surface area contributed by atoms with Crippen LogP contribution in [0.25, 0.3) is 0 Å². The second kappa shape index (κ2) is 6.13.